The molecule has 1 aromatic carbocycles. The van der Waals surface area contributed by atoms with E-state index in [9.17, 15) is 13.2 Å². The Morgan fingerprint density at radius 3 is 2.21 bits per heavy atom. The van der Waals surface area contributed by atoms with Crippen LogP contribution in [0.3, 0.4) is 0 Å². The van der Waals surface area contributed by atoms with Crippen molar-refractivity contribution in [3.05, 3.63) is 23.8 Å². The number of hydrogen-bond acceptors (Lipinski definition) is 4. The molecule has 28 heavy (non-hydrogen) atoms. The number of hydrogen-bond donors (Lipinski definition) is 0. The first-order chi connectivity index (χ1) is 13.0. The van der Waals surface area contributed by atoms with Gasteiger partial charge in [-0.15, -0.1) is 0 Å². The van der Waals surface area contributed by atoms with Crippen molar-refractivity contribution in [1.82, 2.24) is 10.0 Å². The van der Waals surface area contributed by atoms with Crippen LogP contribution in [0, 0.1) is 0 Å². The standard InChI is InChI=1S/C18H29N2O3S.3CH3.Sn/c1-5-8-13-20(18(21)7-3)19(4)14-15-24(22,23)17-11-9-16(6-2)10-12-17;;;;/h9,11-12H,5-8,13-15H2,1-4H3;3*1H3;. The monoisotopic (exact) mass is 518 g/mol. The Labute approximate surface area is 176 Å². The minimum absolute atomic E-state index is 0.00763. The van der Waals surface area contributed by atoms with E-state index in [1.54, 1.807) is 23.1 Å². The summed E-state index contributed by atoms with van der Waals surface area (Å²) in [5.74, 6) is 0.0398. The summed E-state index contributed by atoms with van der Waals surface area (Å²) in [6.45, 7) is 6.97. The zero-order chi connectivity index (χ0) is 21.5. The minimum atomic E-state index is -3.40. The number of sulfone groups is 1. The molecule has 0 unspecified atom stereocenters. The van der Waals surface area contributed by atoms with Crippen LogP contribution in [-0.4, -0.2) is 68.6 Å². The van der Waals surface area contributed by atoms with Crippen molar-refractivity contribution in [2.75, 3.05) is 25.9 Å². The first kappa shape index (κ1) is 25.4. The van der Waals surface area contributed by atoms with Gasteiger partial charge in [-0.1, -0.05) is 0 Å². The molecule has 1 amide bonds. The van der Waals surface area contributed by atoms with Gasteiger partial charge in [0.05, 0.1) is 0 Å². The number of hydrazine groups is 1. The third-order valence-corrected chi connectivity index (χ3v) is 12.7. The summed E-state index contributed by atoms with van der Waals surface area (Å²) in [6.07, 6.45) is 3.24. The Hall–Kier alpha value is -0.601. The fraction of sp³-hybridized carbons (Fsp3) is 0.667. The summed E-state index contributed by atoms with van der Waals surface area (Å²) >= 11 is -2.41. The second-order valence-electron chi connectivity index (χ2n) is 8.35. The Morgan fingerprint density at radius 2 is 1.71 bits per heavy atom. The summed E-state index contributed by atoms with van der Waals surface area (Å²) in [6, 6.07) is 5.67. The summed E-state index contributed by atoms with van der Waals surface area (Å²) in [4.78, 5) is 19.6. The van der Waals surface area contributed by atoms with Crippen molar-refractivity contribution < 1.29 is 13.2 Å². The second kappa shape index (κ2) is 11.0. The van der Waals surface area contributed by atoms with Crippen LogP contribution in [-0.2, 0) is 21.1 Å². The van der Waals surface area contributed by atoms with Gasteiger partial charge < -0.3 is 0 Å². The second-order valence-corrected chi connectivity index (χ2v) is 24.8. The molecule has 1 rings (SSSR count). The molecule has 0 aliphatic heterocycles. The molecular weight excluding hydrogens is 479 g/mol. The van der Waals surface area contributed by atoms with E-state index < -0.39 is 28.2 Å². The zero-order valence-corrected chi connectivity index (χ0v) is 22.4. The van der Waals surface area contributed by atoms with E-state index in [1.807, 2.05) is 19.1 Å². The van der Waals surface area contributed by atoms with Crippen molar-refractivity contribution in [2.24, 2.45) is 0 Å². The van der Waals surface area contributed by atoms with Crippen LogP contribution in [0.4, 0.5) is 0 Å². The van der Waals surface area contributed by atoms with Gasteiger partial charge in [-0.3, -0.25) is 0 Å². The van der Waals surface area contributed by atoms with Gasteiger partial charge in [-0.25, -0.2) is 0 Å². The van der Waals surface area contributed by atoms with Crippen molar-refractivity contribution in [2.45, 2.75) is 66.2 Å². The van der Waals surface area contributed by atoms with E-state index in [0.29, 0.717) is 24.4 Å². The van der Waals surface area contributed by atoms with Gasteiger partial charge in [-0.05, 0) is 0 Å². The fourth-order valence-corrected chi connectivity index (χ4v) is 10.0. The molecular formula is C21H38N2O3SSn. The van der Waals surface area contributed by atoms with Gasteiger partial charge >= 0.3 is 177 Å². The molecule has 0 aliphatic rings. The summed E-state index contributed by atoms with van der Waals surface area (Å²) in [5.41, 5.74) is 1.28. The summed E-state index contributed by atoms with van der Waals surface area (Å²) < 4.78 is 27.3. The number of carbonyl (C=O) groups is 1. The normalized spacial score (nSPS) is 12.4. The van der Waals surface area contributed by atoms with E-state index >= 15 is 0 Å². The molecule has 5 nitrogen and oxygen atoms in total. The molecule has 0 N–H and O–H groups in total. The van der Waals surface area contributed by atoms with Crippen molar-refractivity contribution in [3.63, 3.8) is 0 Å². The van der Waals surface area contributed by atoms with Crippen LogP contribution in [0.25, 0.3) is 0 Å². The molecule has 0 fully saturated rings. The topological polar surface area (TPSA) is 57.7 Å². The molecule has 0 bridgehead atoms. The predicted molar refractivity (Wildman–Crippen MR) is 120 cm³/mol. The summed E-state index contributed by atoms with van der Waals surface area (Å²) in [7, 11) is -1.59. The third kappa shape index (κ3) is 7.02. The number of unbranched alkanes of at least 4 members (excludes halogenated alkanes) is 1. The summed E-state index contributed by atoms with van der Waals surface area (Å²) in [5, 5.41) is 3.46. The number of nitrogens with zero attached hydrogens (tertiary/aromatic N) is 2. The van der Waals surface area contributed by atoms with E-state index in [-0.39, 0.29) is 11.7 Å². The van der Waals surface area contributed by atoms with E-state index in [1.165, 1.54) is 9.14 Å². The van der Waals surface area contributed by atoms with Crippen LogP contribution in [0.5, 0.6) is 0 Å². The first-order valence-electron chi connectivity index (χ1n) is 10.3. The number of amides is 1. The molecule has 0 atom stereocenters. The molecule has 160 valence electrons. The SMILES string of the molecule is CCCCN(C(=O)CC)N(C)CCS(=O)(=O)c1ccc(CC)[c]([Sn]([CH3])([CH3])[CH3])c1. The van der Waals surface area contributed by atoms with Crippen LogP contribution in [0.2, 0.25) is 14.8 Å². The Morgan fingerprint density at radius 1 is 1.07 bits per heavy atom. The van der Waals surface area contributed by atoms with Gasteiger partial charge in [-0.2, -0.15) is 0 Å². The molecule has 0 aliphatic carbocycles. The van der Waals surface area contributed by atoms with Crippen LogP contribution < -0.4 is 3.58 Å². The molecule has 1 aromatic rings. The van der Waals surface area contributed by atoms with Gasteiger partial charge in [0.2, 0.25) is 0 Å². The number of aryl methyl sites for hydroxylation is 1. The maximum absolute atomic E-state index is 13.0. The van der Waals surface area contributed by atoms with Crippen LogP contribution >= 0.6 is 0 Å². The fourth-order valence-electron chi connectivity index (χ4n) is 3.22. The average Bonchev–Trinajstić information content (AvgIpc) is 2.65. The van der Waals surface area contributed by atoms with Crippen molar-refractivity contribution in [3.8, 4) is 0 Å². The van der Waals surface area contributed by atoms with Crippen LogP contribution in [0.15, 0.2) is 23.1 Å². The van der Waals surface area contributed by atoms with E-state index in [2.05, 4.69) is 28.7 Å². The molecule has 0 spiro atoms. The number of benzene rings is 1. The van der Waals surface area contributed by atoms with Crippen molar-refractivity contribution >= 4 is 37.7 Å². The Balaban J connectivity index is 3.01. The van der Waals surface area contributed by atoms with Gasteiger partial charge in [0, 0.05) is 0 Å². The van der Waals surface area contributed by atoms with Gasteiger partial charge in [0.15, 0.2) is 0 Å². The maximum atomic E-state index is 13.0. The number of carbonyl (C=O) groups excluding carboxylic acids is 1. The quantitative estimate of drug-likeness (QED) is 0.334. The average molecular weight is 517 g/mol. The first-order valence-corrected chi connectivity index (χ1v) is 22.0. The molecule has 7 heteroatoms. The van der Waals surface area contributed by atoms with Crippen LogP contribution in [0.1, 0.15) is 45.6 Å². The molecule has 0 heterocycles. The third-order valence-electron chi connectivity index (χ3n) is 5.04. The molecule has 0 aromatic heterocycles. The van der Waals surface area contributed by atoms with Gasteiger partial charge in [0.25, 0.3) is 0 Å². The Kier molecular flexibility index (Phi) is 9.97. The van der Waals surface area contributed by atoms with E-state index in [0.717, 1.165) is 19.3 Å². The molecule has 0 saturated heterocycles. The molecule has 0 saturated carbocycles. The Bertz CT molecular complexity index is 757. The predicted octanol–water partition coefficient (Wildman–Crippen LogP) is 3.45. The zero-order valence-electron chi connectivity index (χ0n) is 18.7. The molecule has 0 radical (unpaired) electrons. The van der Waals surface area contributed by atoms with E-state index in [4.69, 9.17) is 0 Å². The van der Waals surface area contributed by atoms with Gasteiger partial charge in [0.1, 0.15) is 0 Å². The van der Waals surface area contributed by atoms with Crippen molar-refractivity contribution in [1.29, 1.82) is 0 Å². The number of rotatable bonds is 11.